The van der Waals surface area contributed by atoms with E-state index in [-0.39, 0.29) is 13.2 Å². The lowest BCUT2D eigenvalue weighted by Gasteiger charge is -2.07. The average molecular weight is 321 g/mol. The van der Waals surface area contributed by atoms with Gasteiger partial charge in [-0.2, -0.15) is 0 Å². The van der Waals surface area contributed by atoms with Gasteiger partial charge in [0.2, 0.25) is 10.0 Å². The molecule has 0 aliphatic rings. The Morgan fingerprint density at radius 1 is 1.20 bits per heavy atom. The summed E-state index contributed by atoms with van der Waals surface area (Å²) >= 11 is 5.22. The van der Waals surface area contributed by atoms with E-state index in [9.17, 15) is 13.2 Å². The van der Waals surface area contributed by atoms with Gasteiger partial charge in [0.05, 0.1) is 0 Å². The minimum Gasteiger partial charge on any atom is -0.445 e. The van der Waals surface area contributed by atoms with Crippen LogP contribution in [0.2, 0.25) is 0 Å². The maximum atomic E-state index is 11.3. The number of alkyl carbamates (subject to hydrolysis) is 1. The Balaban J connectivity index is 2.09. The minimum atomic E-state index is -3.39. The summed E-state index contributed by atoms with van der Waals surface area (Å²) in [5, 5.41) is 2.06. The van der Waals surface area contributed by atoms with Crippen molar-refractivity contribution < 1.29 is 17.9 Å². The number of halogens is 1. The normalized spacial score (nSPS) is 11.1. The Labute approximate surface area is 123 Å². The highest BCUT2D eigenvalue weighted by Gasteiger charge is 2.06. The van der Waals surface area contributed by atoms with Gasteiger partial charge in [0.15, 0.2) is 0 Å². The predicted octanol–water partition coefficient (Wildman–Crippen LogP) is 1.42. The van der Waals surface area contributed by atoms with Crippen molar-refractivity contribution in [1.29, 1.82) is 0 Å². The van der Waals surface area contributed by atoms with Gasteiger partial charge in [0, 0.05) is 13.1 Å². The lowest BCUT2D eigenvalue weighted by atomic mass is 10.2. The molecule has 0 atom stereocenters. The molecular formula is C12H17ClN2O4S. The highest BCUT2D eigenvalue weighted by atomic mass is 35.5. The van der Waals surface area contributed by atoms with Crippen molar-refractivity contribution in [3.05, 3.63) is 35.9 Å². The quantitative estimate of drug-likeness (QED) is 0.560. The topological polar surface area (TPSA) is 84.5 Å². The van der Waals surface area contributed by atoms with Crippen LogP contribution in [0.3, 0.4) is 0 Å². The summed E-state index contributed by atoms with van der Waals surface area (Å²) in [4.78, 5) is 11.3. The van der Waals surface area contributed by atoms with Crippen LogP contribution in [-0.2, 0) is 21.4 Å². The monoisotopic (exact) mass is 320 g/mol. The molecule has 2 N–H and O–H groups in total. The second-order valence-electron chi connectivity index (χ2n) is 3.96. The number of benzene rings is 1. The fourth-order valence-electron chi connectivity index (χ4n) is 1.32. The van der Waals surface area contributed by atoms with Crippen LogP contribution in [-0.4, -0.2) is 32.8 Å². The third-order valence-electron chi connectivity index (χ3n) is 2.30. The largest absolute Gasteiger partial charge is 0.445 e. The van der Waals surface area contributed by atoms with Crippen molar-refractivity contribution in [2.75, 3.05) is 18.3 Å². The number of nitrogens with one attached hydrogen (secondary N) is 2. The fraction of sp³-hybridized carbons (Fsp3) is 0.417. The maximum Gasteiger partial charge on any atom is 0.407 e. The zero-order valence-corrected chi connectivity index (χ0v) is 12.4. The number of rotatable bonds is 8. The summed E-state index contributed by atoms with van der Waals surface area (Å²) in [5.74, 6) is 0. The Bertz CT molecular complexity index is 507. The molecule has 0 aliphatic heterocycles. The zero-order chi connectivity index (χ0) is 14.8. The van der Waals surface area contributed by atoms with Crippen molar-refractivity contribution in [2.24, 2.45) is 0 Å². The first kappa shape index (κ1) is 16.7. The summed E-state index contributed by atoms with van der Waals surface area (Å²) in [6.07, 6.45) is -0.0784. The Kier molecular flexibility index (Phi) is 7.35. The van der Waals surface area contributed by atoms with E-state index in [1.165, 1.54) is 0 Å². The number of alkyl halides is 1. The number of ether oxygens (including phenoxy) is 1. The molecule has 0 unspecified atom stereocenters. The van der Waals surface area contributed by atoms with E-state index in [1.807, 2.05) is 30.3 Å². The van der Waals surface area contributed by atoms with Gasteiger partial charge < -0.3 is 10.1 Å². The Morgan fingerprint density at radius 3 is 2.55 bits per heavy atom. The molecule has 0 aliphatic carbocycles. The van der Waals surface area contributed by atoms with Gasteiger partial charge in [-0.25, -0.2) is 17.9 Å². The summed E-state index contributed by atoms with van der Waals surface area (Å²) < 4.78 is 29.3. The lowest BCUT2D eigenvalue weighted by molar-refractivity contribution is 0.139. The zero-order valence-electron chi connectivity index (χ0n) is 10.8. The van der Waals surface area contributed by atoms with Gasteiger partial charge in [0.1, 0.15) is 11.8 Å². The molecular weight excluding hydrogens is 304 g/mol. The van der Waals surface area contributed by atoms with Crippen LogP contribution >= 0.6 is 11.6 Å². The lowest BCUT2D eigenvalue weighted by Crippen LogP contribution is -2.30. The molecule has 0 fully saturated rings. The van der Waals surface area contributed by atoms with Crippen molar-refractivity contribution >= 4 is 27.7 Å². The second-order valence-corrected chi connectivity index (χ2v) is 6.35. The van der Waals surface area contributed by atoms with E-state index in [4.69, 9.17) is 16.3 Å². The van der Waals surface area contributed by atoms with Crippen molar-refractivity contribution in [1.82, 2.24) is 10.0 Å². The molecule has 0 saturated carbocycles. The smallest absolute Gasteiger partial charge is 0.407 e. The second kappa shape index (κ2) is 8.78. The van der Waals surface area contributed by atoms with Crippen LogP contribution in [0.15, 0.2) is 30.3 Å². The van der Waals surface area contributed by atoms with Crippen LogP contribution in [0.4, 0.5) is 4.79 Å². The highest BCUT2D eigenvalue weighted by Crippen LogP contribution is 2.00. The van der Waals surface area contributed by atoms with E-state index in [2.05, 4.69) is 10.0 Å². The first-order valence-corrected chi connectivity index (χ1v) is 8.20. The van der Waals surface area contributed by atoms with Crippen LogP contribution in [0, 0.1) is 0 Å². The molecule has 0 radical (unpaired) electrons. The molecule has 0 spiro atoms. The van der Waals surface area contributed by atoms with Crippen molar-refractivity contribution in [2.45, 2.75) is 13.0 Å². The molecule has 112 valence electrons. The Morgan fingerprint density at radius 2 is 1.90 bits per heavy atom. The number of hydrogen-bond acceptors (Lipinski definition) is 4. The van der Waals surface area contributed by atoms with Gasteiger partial charge in [0.25, 0.3) is 0 Å². The van der Waals surface area contributed by atoms with Gasteiger partial charge in [-0.1, -0.05) is 30.3 Å². The maximum absolute atomic E-state index is 11.3. The molecule has 1 aromatic carbocycles. The number of carbonyl (C=O) groups excluding carboxylic acids is 1. The predicted molar refractivity (Wildman–Crippen MR) is 76.9 cm³/mol. The third-order valence-corrected chi connectivity index (χ3v) is 4.09. The summed E-state index contributed by atoms with van der Waals surface area (Å²) in [6, 6.07) is 9.31. The summed E-state index contributed by atoms with van der Waals surface area (Å²) in [7, 11) is -3.39. The SMILES string of the molecule is O=C(NCCCNS(=O)(=O)CCl)OCc1ccccc1. The molecule has 1 aromatic rings. The van der Waals surface area contributed by atoms with Gasteiger partial charge in [-0.3, -0.25) is 0 Å². The van der Waals surface area contributed by atoms with Gasteiger partial charge >= 0.3 is 6.09 Å². The Hall–Kier alpha value is -1.31. The van der Waals surface area contributed by atoms with Crippen LogP contribution in [0.5, 0.6) is 0 Å². The molecule has 1 amide bonds. The van der Waals surface area contributed by atoms with E-state index in [0.717, 1.165) is 5.56 Å². The first-order valence-electron chi connectivity index (χ1n) is 6.01. The molecule has 0 bridgehead atoms. The van der Waals surface area contributed by atoms with Crippen molar-refractivity contribution in [3.63, 3.8) is 0 Å². The number of sulfonamides is 1. The molecule has 20 heavy (non-hydrogen) atoms. The molecule has 0 aromatic heterocycles. The average Bonchev–Trinajstić information content (AvgIpc) is 2.46. The molecule has 0 heterocycles. The van der Waals surface area contributed by atoms with Crippen LogP contribution in [0.1, 0.15) is 12.0 Å². The molecule has 8 heteroatoms. The van der Waals surface area contributed by atoms with Crippen molar-refractivity contribution in [3.8, 4) is 0 Å². The number of carbonyl (C=O) groups is 1. The summed E-state index contributed by atoms with van der Waals surface area (Å²) in [6.45, 7) is 0.734. The highest BCUT2D eigenvalue weighted by molar-refractivity contribution is 7.90. The standard InChI is InChI=1S/C12H17ClN2O4S/c13-10-20(17,18)15-8-4-7-14-12(16)19-9-11-5-2-1-3-6-11/h1-3,5-6,15H,4,7-10H2,(H,14,16). The van der Waals surface area contributed by atoms with E-state index in [0.29, 0.717) is 13.0 Å². The van der Waals surface area contributed by atoms with Crippen LogP contribution in [0.25, 0.3) is 0 Å². The van der Waals surface area contributed by atoms with E-state index < -0.39 is 21.3 Å². The third kappa shape index (κ3) is 7.32. The van der Waals surface area contributed by atoms with Gasteiger partial charge in [-0.05, 0) is 12.0 Å². The molecule has 0 saturated heterocycles. The molecule has 6 nitrogen and oxygen atoms in total. The van der Waals surface area contributed by atoms with E-state index in [1.54, 1.807) is 0 Å². The summed E-state index contributed by atoms with van der Waals surface area (Å²) in [5.41, 5.74) is 0.900. The number of amides is 1. The van der Waals surface area contributed by atoms with Crippen LogP contribution < -0.4 is 10.0 Å². The van der Waals surface area contributed by atoms with E-state index >= 15 is 0 Å². The fourth-order valence-corrected chi connectivity index (χ4v) is 2.08. The number of hydrogen-bond donors (Lipinski definition) is 2. The first-order chi connectivity index (χ1) is 9.53. The minimum absolute atomic E-state index is 0.200. The molecule has 1 rings (SSSR count). The van der Waals surface area contributed by atoms with Gasteiger partial charge in [-0.15, -0.1) is 11.6 Å².